The zero-order valence-corrected chi connectivity index (χ0v) is 21.9. The summed E-state index contributed by atoms with van der Waals surface area (Å²) in [5.74, 6) is 6.29. The Morgan fingerprint density at radius 3 is 2.50 bits per heavy atom. The minimum Gasteiger partial charge on any atom is -0.368 e. The van der Waals surface area contributed by atoms with Gasteiger partial charge in [0.05, 0.1) is 5.69 Å². The standard InChI is InChI=1S/C29H29BrN4O2/c1-17-3-12-25(34(31)29(36)21-8-4-19(5-9-21)18(2)30)15-26(17)23-11-10-22-14-27(32-16-24(22)13-23)33-28(35)20-6-7-20/h3-5,8-16,18,20,27,32H,6-7,31H2,1-2H3,(H,33,35). The van der Waals surface area contributed by atoms with Gasteiger partial charge in [-0.3, -0.25) is 9.59 Å². The van der Waals surface area contributed by atoms with E-state index in [-0.39, 0.29) is 28.7 Å². The molecule has 184 valence electrons. The highest BCUT2D eigenvalue weighted by Gasteiger charge is 2.30. The van der Waals surface area contributed by atoms with Crippen molar-refractivity contribution in [2.24, 2.45) is 11.8 Å². The molecular weight excluding hydrogens is 516 g/mol. The Hall–Kier alpha value is -3.42. The lowest BCUT2D eigenvalue weighted by molar-refractivity contribution is -0.122. The van der Waals surface area contributed by atoms with Crippen molar-refractivity contribution in [3.05, 3.63) is 87.8 Å². The molecule has 2 aliphatic rings. The number of hydrogen-bond donors (Lipinski definition) is 3. The molecule has 0 bridgehead atoms. The van der Waals surface area contributed by atoms with Crippen LogP contribution >= 0.6 is 15.9 Å². The first-order chi connectivity index (χ1) is 17.3. The maximum atomic E-state index is 13.0. The smallest absolute Gasteiger partial charge is 0.272 e. The van der Waals surface area contributed by atoms with Crippen LogP contribution in [0, 0.1) is 12.8 Å². The molecule has 0 radical (unpaired) electrons. The molecule has 0 spiro atoms. The van der Waals surface area contributed by atoms with E-state index in [1.807, 2.05) is 56.5 Å². The van der Waals surface area contributed by atoms with Gasteiger partial charge >= 0.3 is 0 Å². The van der Waals surface area contributed by atoms with Crippen LogP contribution in [0.2, 0.25) is 0 Å². The third-order valence-electron chi connectivity index (χ3n) is 6.74. The molecule has 1 fully saturated rings. The Morgan fingerprint density at radius 1 is 1.06 bits per heavy atom. The summed E-state index contributed by atoms with van der Waals surface area (Å²) in [6, 6.07) is 19.5. The normalized spacial score (nSPS) is 17.1. The monoisotopic (exact) mass is 544 g/mol. The molecule has 7 heteroatoms. The van der Waals surface area contributed by atoms with E-state index >= 15 is 0 Å². The summed E-state index contributed by atoms with van der Waals surface area (Å²) >= 11 is 3.54. The Kier molecular flexibility index (Phi) is 6.69. The molecule has 1 aliphatic heterocycles. The minimum atomic E-state index is -0.268. The van der Waals surface area contributed by atoms with E-state index in [1.165, 1.54) is 5.01 Å². The van der Waals surface area contributed by atoms with Crippen molar-refractivity contribution in [3.8, 4) is 11.1 Å². The summed E-state index contributed by atoms with van der Waals surface area (Å²) in [5.41, 5.74) is 5.35. The SMILES string of the molecule is Cc1ccc(N(N)C(=O)c2ccc(C(C)Br)cc2)cc1-c1ccc2c(c1)=CNC(NC(=O)C1CC1)C=2. The molecule has 1 heterocycles. The molecule has 2 atom stereocenters. The van der Waals surface area contributed by atoms with Gasteiger partial charge in [-0.25, -0.2) is 10.9 Å². The highest BCUT2D eigenvalue weighted by Crippen LogP contribution is 2.29. The second-order valence-electron chi connectivity index (χ2n) is 9.49. The Balaban J connectivity index is 1.39. The van der Waals surface area contributed by atoms with Crippen LogP contribution in [0.3, 0.4) is 0 Å². The lowest BCUT2D eigenvalue weighted by Crippen LogP contribution is -2.48. The highest BCUT2D eigenvalue weighted by molar-refractivity contribution is 9.09. The van der Waals surface area contributed by atoms with Gasteiger partial charge in [0.25, 0.3) is 5.91 Å². The van der Waals surface area contributed by atoms with E-state index in [0.717, 1.165) is 45.5 Å². The summed E-state index contributed by atoms with van der Waals surface area (Å²) in [4.78, 5) is 25.4. The number of carbonyl (C=O) groups excluding carboxylic acids is 2. The van der Waals surface area contributed by atoms with Crippen molar-refractivity contribution in [2.75, 3.05) is 5.01 Å². The maximum Gasteiger partial charge on any atom is 0.272 e. The minimum absolute atomic E-state index is 0.110. The third-order valence-corrected chi connectivity index (χ3v) is 7.27. The number of hydrogen-bond acceptors (Lipinski definition) is 4. The van der Waals surface area contributed by atoms with E-state index < -0.39 is 0 Å². The number of nitrogens with zero attached hydrogens (tertiary/aromatic N) is 1. The lowest BCUT2D eigenvalue weighted by atomic mass is 9.98. The molecule has 2 unspecified atom stereocenters. The van der Waals surface area contributed by atoms with Crippen LogP contribution in [0.25, 0.3) is 23.4 Å². The quantitative estimate of drug-likeness (QED) is 0.191. The van der Waals surface area contributed by atoms with Gasteiger partial charge in [0.15, 0.2) is 0 Å². The molecule has 2 amide bonds. The average molecular weight is 545 g/mol. The number of nitrogens with two attached hydrogens (primary N) is 1. The number of rotatable bonds is 6. The maximum absolute atomic E-state index is 13.0. The molecule has 3 aromatic rings. The molecule has 6 nitrogen and oxygen atoms in total. The molecule has 3 aromatic carbocycles. The van der Waals surface area contributed by atoms with E-state index in [0.29, 0.717) is 11.3 Å². The van der Waals surface area contributed by atoms with E-state index in [2.05, 4.69) is 44.8 Å². The number of benzene rings is 3. The van der Waals surface area contributed by atoms with Crippen molar-refractivity contribution in [1.29, 1.82) is 0 Å². The van der Waals surface area contributed by atoms with Gasteiger partial charge in [0.2, 0.25) is 5.91 Å². The lowest BCUT2D eigenvalue weighted by Gasteiger charge is -2.20. The highest BCUT2D eigenvalue weighted by atomic mass is 79.9. The van der Waals surface area contributed by atoms with E-state index in [4.69, 9.17) is 5.84 Å². The van der Waals surface area contributed by atoms with Crippen LogP contribution in [0.1, 0.15) is 46.1 Å². The van der Waals surface area contributed by atoms with Crippen LogP contribution < -0.4 is 31.9 Å². The number of halogens is 1. The Labute approximate surface area is 219 Å². The average Bonchev–Trinajstić information content (AvgIpc) is 3.74. The summed E-state index contributed by atoms with van der Waals surface area (Å²) in [6.45, 7) is 4.08. The topological polar surface area (TPSA) is 87.5 Å². The fourth-order valence-corrected chi connectivity index (χ4v) is 4.65. The number of carbonyl (C=O) groups is 2. The third kappa shape index (κ3) is 5.08. The summed E-state index contributed by atoms with van der Waals surface area (Å²) in [7, 11) is 0. The van der Waals surface area contributed by atoms with Crippen LogP contribution in [0.15, 0.2) is 60.7 Å². The molecule has 4 N–H and O–H groups in total. The van der Waals surface area contributed by atoms with Gasteiger partial charge in [0.1, 0.15) is 6.17 Å². The van der Waals surface area contributed by atoms with Crippen LogP contribution in [0.4, 0.5) is 5.69 Å². The zero-order chi connectivity index (χ0) is 25.4. The van der Waals surface area contributed by atoms with E-state index in [9.17, 15) is 9.59 Å². The predicted molar refractivity (Wildman–Crippen MR) is 147 cm³/mol. The van der Waals surface area contributed by atoms with Crippen molar-refractivity contribution < 1.29 is 9.59 Å². The predicted octanol–water partition coefficient (Wildman–Crippen LogP) is 3.61. The first kappa shape index (κ1) is 24.3. The number of aryl methyl sites for hydroxylation is 1. The molecular formula is C29H29BrN4O2. The fourth-order valence-electron chi connectivity index (χ4n) is 4.34. The second-order valence-corrected chi connectivity index (χ2v) is 10.9. The van der Waals surface area contributed by atoms with Crippen molar-refractivity contribution in [3.63, 3.8) is 0 Å². The van der Waals surface area contributed by atoms with Gasteiger partial charge in [-0.1, -0.05) is 46.3 Å². The van der Waals surface area contributed by atoms with E-state index in [1.54, 1.807) is 12.1 Å². The van der Waals surface area contributed by atoms with Crippen molar-refractivity contribution in [2.45, 2.75) is 37.7 Å². The van der Waals surface area contributed by atoms with Gasteiger partial charge < -0.3 is 10.6 Å². The Morgan fingerprint density at radius 2 is 1.81 bits per heavy atom. The number of anilines is 1. The number of amides is 2. The number of nitrogens with one attached hydrogen (secondary N) is 2. The molecule has 1 aliphatic carbocycles. The molecule has 0 aromatic heterocycles. The first-order valence-corrected chi connectivity index (χ1v) is 13.0. The number of hydrazine groups is 1. The summed E-state index contributed by atoms with van der Waals surface area (Å²) in [5, 5.41) is 9.60. The van der Waals surface area contributed by atoms with Crippen molar-refractivity contribution >= 4 is 45.7 Å². The zero-order valence-electron chi connectivity index (χ0n) is 20.3. The second kappa shape index (κ2) is 9.91. The fraction of sp³-hybridized carbons (Fsp3) is 0.241. The molecule has 1 saturated carbocycles. The van der Waals surface area contributed by atoms with Crippen LogP contribution in [-0.2, 0) is 4.79 Å². The number of fused-ring (bicyclic) bond motifs is 1. The molecule has 5 rings (SSSR count). The Bertz CT molecular complexity index is 1450. The molecule has 0 saturated heterocycles. The summed E-state index contributed by atoms with van der Waals surface area (Å²) < 4.78 is 0. The van der Waals surface area contributed by atoms with Crippen molar-refractivity contribution in [1.82, 2.24) is 10.6 Å². The van der Waals surface area contributed by atoms with Gasteiger partial charge in [0, 0.05) is 22.5 Å². The largest absolute Gasteiger partial charge is 0.368 e. The van der Waals surface area contributed by atoms with Crippen LogP contribution in [-0.4, -0.2) is 18.0 Å². The van der Waals surface area contributed by atoms with Gasteiger partial charge in [-0.15, -0.1) is 0 Å². The summed E-state index contributed by atoms with van der Waals surface area (Å²) in [6.07, 6.45) is 5.73. The molecule has 36 heavy (non-hydrogen) atoms. The van der Waals surface area contributed by atoms with Gasteiger partial charge in [-0.2, -0.15) is 0 Å². The van der Waals surface area contributed by atoms with Crippen LogP contribution in [0.5, 0.6) is 0 Å². The number of alkyl halides is 1. The first-order valence-electron chi connectivity index (χ1n) is 12.1. The van der Waals surface area contributed by atoms with Gasteiger partial charge in [-0.05, 0) is 95.8 Å².